The first kappa shape index (κ1) is 12.0. The van der Waals surface area contributed by atoms with Crippen molar-refractivity contribution in [1.82, 2.24) is 9.88 Å². The minimum absolute atomic E-state index is 0.0660. The van der Waals surface area contributed by atoms with Gasteiger partial charge in [0, 0.05) is 18.9 Å². The molecule has 1 aromatic rings. The van der Waals surface area contributed by atoms with Gasteiger partial charge in [0.2, 0.25) is 0 Å². The molecule has 0 atom stereocenters. The Balaban J connectivity index is 2.25. The standard InChI is InChI=1S/C12H10N2OS2/c1-2-6-14-11(15)10(17-12(14)16)7-9-4-3-5-13-8-9/h2-5,7-8H,1,6H2/b10-7-. The first-order valence-electron chi connectivity index (χ1n) is 4.98. The summed E-state index contributed by atoms with van der Waals surface area (Å²) in [6.45, 7) is 4.06. The predicted octanol–water partition coefficient (Wildman–Crippen LogP) is 2.47. The molecule has 2 heterocycles. The second-order valence-corrected chi connectivity index (χ2v) is 5.04. The average molecular weight is 262 g/mol. The van der Waals surface area contributed by atoms with Gasteiger partial charge in [-0.2, -0.15) is 0 Å². The lowest BCUT2D eigenvalue weighted by Crippen LogP contribution is -2.27. The first-order valence-corrected chi connectivity index (χ1v) is 6.21. The molecule has 3 nitrogen and oxygen atoms in total. The minimum Gasteiger partial charge on any atom is -0.289 e. The Hall–Kier alpha value is -1.46. The van der Waals surface area contributed by atoms with Crippen molar-refractivity contribution in [3.63, 3.8) is 0 Å². The number of hydrogen-bond donors (Lipinski definition) is 0. The van der Waals surface area contributed by atoms with E-state index in [9.17, 15) is 4.79 Å². The SMILES string of the molecule is C=CCN1C(=O)/C(=C/c2cccnc2)SC1=S. The molecule has 5 heteroatoms. The third kappa shape index (κ3) is 2.62. The molecule has 0 spiro atoms. The van der Waals surface area contributed by atoms with Crippen molar-refractivity contribution in [1.29, 1.82) is 0 Å². The van der Waals surface area contributed by atoms with Crippen LogP contribution < -0.4 is 0 Å². The first-order chi connectivity index (χ1) is 8.22. The van der Waals surface area contributed by atoms with Crippen LogP contribution in [0.5, 0.6) is 0 Å². The number of thiocarbonyl (C=S) groups is 1. The second kappa shape index (κ2) is 5.25. The van der Waals surface area contributed by atoms with Crippen molar-refractivity contribution in [2.75, 3.05) is 6.54 Å². The molecule has 1 amide bonds. The van der Waals surface area contributed by atoms with E-state index in [-0.39, 0.29) is 5.91 Å². The molecule has 1 saturated heterocycles. The number of nitrogens with zero attached hydrogens (tertiary/aromatic N) is 2. The Labute approximate surface area is 109 Å². The number of amides is 1. The molecule has 1 aromatic heterocycles. The van der Waals surface area contributed by atoms with Gasteiger partial charge in [-0.05, 0) is 17.7 Å². The van der Waals surface area contributed by atoms with E-state index in [1.165, 1.54) is 16.7 Å². The molecule has 1 fully saturated rings. The largest absolute Gasteiger partial charge is 0.289 e. The van der Waals surface area contributed by atoms with Gasteiger partial charge < -0.3 is 0 Å². The van der Waals surface area contributed by atoms with Crippen molar-refractivity contribution in [3.8, 4) is 0 Å². The molecule has 0 bridgehead atoms. The van der Waals surface area contributed by atoms with Crippen molar-refractivity contribution in [2.24, 2.45) is 0 Å². The fraction of sp³-hybridized carbons (Fsp3) is 0.0833. The van der Waals surface area contributed by atoms with Gasteiger partial charge in [-0.25, -0.2) is 0 Å². The number of carbonyl (C=O) groups excluding carboxylic acids is 1. The molecule has 0 unspecified atom stereocenters. The van der Waals surface area contributed by atoms with Crippen LogP contribution in [-0.4, -0.2) is 26.7 Å². The number of rotatable bonds is 3. The monoisotopic (exact) mass is 262 g/mol. The fourth-order valence-electron chi connectivity index (χ4n) is 1.40. The Morgan fingerprint density at radius 3 is 3.06 bits per heavy atom. The van der Waals surface area contributed by atoms with E-state index >= 15 is 0 Å². The van der Waals surface area contributed by atoms with Gasteiger partial charge in [-0.15, -0.1) is 6.58 Å². The van der Waals surface area contributed by atoms with E-state index in [0.717, 1.165) is 5.56 Å². The summed E-state index contributed by atoms with van der Waals surface area (Å²) in [5.74, 6) is -0.0660. The average Bonchev–Trinajstić information content (AvgIpc) is 2.59. The fourth-order valence-corrected chi connectivity index (χ4v) is 2.67. The summed E-state index contributed by atoms with van der Waals surface area (Å²) < 4.78 is 0.574. The number of pyridine rings is 1. The maximum absolute atomic E-state index is 12.0. The molecule has 0 aliphatic carbocycles. The van der Waals surface area contributed by atoms with Gasteiger partial charge in [0.05, 0.1) is 4.91 Å². The molecule has 0 N–H and O–H groups in total. The lowest BCUT2D eigenvalue weighted by atomic mass is 10.2. The van der Waals surface area contributed by atoms with Crippen LogP contribution in [0.4, 0.5) is 0 Å². The van der Waals surface area contributed by atoms with Crippen LogP contribution in [0.2, 0.25) is 0 Å². The van der Waals surface area contributed by atoms with E-state index in [4.69, 9.17) is 12.2 Å². The molecule has 17 heavy (non-hydrogen) atoms. The van der Waals surface area contributed by atoms with E-state index in [0.29, 0.717) is 15.8 Å². The van der Waals surface area contributed by atoms with Gasteiger partial charge in [-0.1, -0.05) is 36.1 Å². The smallest absolute Gasteiger partial charge is 0.266 e. The molecule has 1 aliphatic heterocycles. The predicted molar refractivity (Wildman–Crippen MR) is 74.3 cm³/mol. The maximum atomic E-state index is 12.0. The summed E-state index contributed by atoms with van der Waals surface area (Å²) in [5, 5.41) is 0. The van der Waals surface area contributed by atoms with Gasteiger partial charge in [0.15, 0.2) is 0 Å². The van der Waals surface area contributed by atoms with Crippen LogP contribution in [0.3, 0.4) is 0 Å². The van der Waals surface area contributed by atoms with E-state index < -0.39 is 0 Å². The number of hydrogen-bond acceptors (Lipinski definition) is 4. The van der Waals surface area contributed by atoms with Crippen LogP contribution in [0.15, 0.2) is 42.1 Å². The summed E-state index contributed by atoms with van der Waals surface area (Å²) in [7, 11) is 0. The van der Waals surface area contributed by atoms with Crippen molar-refractivity contribution in [3.05, 3.63) is 47.6 Å². The topological polar surface area (TPSA) is 33.2 Å². The number of thioether (sulfide) groups is 1. The molecule has 0 saturated carbocycles. The Morgan fingerprint density at radius 2 is 2.41 bits per heavy atom. The van der Waals surface area contributed by atoms with Gasteiger partial charge in [0.25, 0.3) is 5.91 Å². The zero-order chi connectivity index (χ0) is 12.3. The zero-order valence-electron chi connectivity index (χ0n) is 9.00. The quantitative estimate of drug-likeness (QED) is 0.476. The van der Waals surface area contributed by atoms with Crippen molar-refractivity contribution in [2.45, 2.75) is 0 Å². The highest BCUT2D eigenvalue weighted by atomic mass is 32.2. The molecule has 1 aliphatic rings. The molecular weight excluding hydrogens is 252 g/mol. The highest BCUT2D eigenvalue weighted by Gasteiger charge is 2.30. The molecular formula is C12H10N2OS2. The molecule has 86 valence electrons. The minimum atomic E-state index is -0.0660. The Morgan fingerprint density at radius 1 is 1.59 bits per heavy atom. The third-order valence-corrected chi connectivity index (χ3v) is 3.55. The van der Waals surface area contributed by atoms with Crippen LogP contribution in [0.1, 0.15) is 5.56 Å². The van der Waals surface area contributed by atoms with E-state index in [1.54, 1.807) is 24.5 Å². The normalized spacial score (nSPS) is 17.9. The molecule has 0 radical (unpaired) electrons. The summed E-state index contributed by atoms with van der Waals surface area (Å²) >= 11 is 6.45. The second-order valence-electron chi connectivity index (χ2n) is 3.37. The van der Waals surface area contributed by atoms with Gasteiger partial charge in [-0.3, -0.25) is 14.7 Å². The van der Waals surface area contributed by atoms with Crippen LogP contribution in [0.25, 0.3) is 6.08 Å². The maximum Gasteiger partial charge on any atom is 0.266 e. The lowest BCUT2D eigenvalue weighted by Gasteiger charge is -2.10. The van der Waals surface area contributed by atoms with Crippen LogP contribution in [0, 0.1) is 0 Å². The van der Waals surface area contributed by atoms with Gasteiger partial charge >= 0.3 is 0 Å². The van der Waals surface area contributed by atoms with Crippen molar-refractivity contribution >= 4 is 40.3 Å². The Bertz CT molecular complexity index is 496. The zero-order valence-corrected chi connectivity index (χ0v) is 10.6. The summed E-state index contributed by atoms with van der Waals surface area (Å²) in [6.07, 6.45) is 6.87. The van der Waals surface area contributed by atoms with Crippen molar-refractivity contribution < 1.29 is 4.79 Å². The van der Waals surface area contributed by atoms with E-state index in [2.05, 4.69) is 11.6 Å². The van der Waals surface area contributed by atoms with Gasteiger partial charge in [0.1, 0.15) is 4.32 Å². The molecule has 0 aromatic carbocycles. The molecule has 2 rings (SSSR count). The van der Waals surface area contributed by atoms with Crippen LogP contribution in [-0.2, 0) is 4.79 Å². The summed E-state index contributed by atoms with van der Waals surface area (Å²) in [4.78, 5) is 18.2. The number of aromatic nitrogens is 1. The number of carbonyl (C=O) groups is 1. The van der Waals surface area contributed by atoms with E-state index in [1.807, 2.05) is 12.1 Å². The summed E-state index contributed by atoms with van der Waals surface area (Å²) in [5.41, 5.74) is 0.895. The highest BCUT2D eigenvalue weighted by molar-refractivity contribution is 8.26. The Kier molecular flexibility index (Phi) is 3.71. The summed E-state index contributed by atoms with van der Waals surface area (Å²) in [6, 6.07) is 3.73. The van der Waals surface area contributed by atoms with Crippen LogP contribution >= 0.6 is 24.0 Å². The highest BCUT2D eigenvalue weighted by Crippen LogP contribution is 2.32. The lowest BCUT2D eigenvalue weighted by molar-refractivity contribution is -0.121. The third-order valence-electron chi connectivity index (χ3n) is 2.17.